The quantitative estimate of drug-likeness (QED) is 0.868. The molecule has 0 saturated carbocycles. The number of amides is 1. The fourth-order valence-corrected chi connectivity index (χ4v) is 2.72. The van der Waals surface area contributed by atoms with Crippen LogP contribution in [0.15, 0.2) is 24.5 Å². The monoisotopic (exact) mass is 275 g/mol. The lowest BCUT2D eigenvalue weighted by Gasteiger charge is -2.30. The van der Waals surface area contributed by atoms with E-state index in [1.807, 2.05) is 0 Å². The molecule has 1 aromatic carbocycles. The van der Waals surface area contributed by atoms with E-state index in [2.05, 4.69) is 9.97 Å². The van der Waals surface area contributed by atoms with Gasteiger partial charge >= 0.3 is 6.09 Å². The Morgan fingerprint density at radius 2 is 2.05 bits per heavy atom. The first-order valence-corrected chi connectivity index (χ1v) is 6.53. The van der Waals surface area contributed by atoms with Gasteiger partial charge in [0.2, 0.25) is 0 Å². The third-order valence-corrected chi connectivity index (χ3v) is 3.78. The van der Waals surface area contributed by atoms with Gasteiger partial charge < -0.3 is 10.0 Å². The second-order valence-electron chi connectivity index (χ2n) is 4.96. The second kappa shape index (κ2) is 5.03. The van der Waals surface area contributed by atoms with Gasteiger partial charge in [-0.2, -0.15) is 0 Å². The molecular formula is C14H14FN3O2. The molecule has 1 saturated heterocycles. The van der Waals surface area contributed by atoms with E-state index < -0.39 is 6.09 Å². The van der Waals surface area contributed by atoms with Gasteiger partial charge in [-0.3, -0.25) is 0 Å². The second-order valence-corrected chi connectivity index (χ2v) is 4.96. The molecule has 3 rings (SSSR count). The normalized spacial score (nSPS) is 16.6. The van der Waals surface area contributed by atoms with Crippen molar-refractivity contribution < 1.29 is 14.3 Å². The van der Waals surface area contributed by atoms with Crippen molar-refractivity contribution in [3.8, 4) is 0 Å². The minimum absolute atomic E-state index is 0.196. The molecule has 1 fully saturated rings. The van der Waals surface area contributed by atoms with E-state index in [0.29, 0.717) is 18.6 Å². The number of rotatable bonds is 1. The molecule has 0 aliphatic carbocycles. The van der Waals surface area contributed by atoms with Crippen LogP contribution >= 0.6 is 0 Å². The Morgan fingerprint density at radius 1 is 1.30 bits per heavy atom. The zero-order valence-corrected chi connectivity index (χ0v) is 10.8. The molecule has 0 radical (unpaired) electrons. The van der Waals surface area contributed by atoms with E-state index in [1.165, 1.54) is 23.4 Å². The van der Waals surface area contributed by atoms with Crippen LogP contribution in [0.25, 0.3) is 10.9 Å². The Balaban J connectivity index is 1.90. The van der Waals surface area contributed by atoms with Crippen molar-refractivity contribution in [2.45, 2.75) is 18.8 Å². The van der Waals surface area contributed by atoms with E-state index >= 15 is 0 Å². The third-order valence-electron chi connectivity index (χ3n) is 3.78. The van der Waals surface area contributed by atoms with Crippen LogP contribution in [0, 0.1) is 5.82 Å². The molecule has 5 nitrogen and oxygen atoms in total. The molecule has 2 aromatic rings. The van der Waals surface area contributed by atoms with Gasteiger partial charge in [0.1, 0.15) is 12.1 Å². The Morgan fingerprint density at radius 3 is 2.75 bits per heavy atom. The average Bonchev–Trinajstić information content (AvgIpc) is 2.46. The van der Waals surface area contributed by atoms with Crippen LogP contribution < -0.4 is 0 Å². The number of hydrogen-bond acceptors (Lipinski definition) is 3. The number of benzene rings is 1. The number of likely N-dealkylation sites (tertiary alicyclic amines) is 1. The van der Waals surface area contributed by atoms with Crippen molar-refractivity contribution in [3.05, 3.63) is 36.0 Å². The highest BCUT2D eigenvalue weighted by molar-refractivity contribution is 5.81. The van der Waals surface area contributed by atoms with Crippen molar-refractivity contribution in [2.24, 2.45) is 0 Å². The first-order chi connectivity index (χ1) is 9.65. The van der Waals surface area contributed by atoms with Gasteiger partial charge in [0.15, 0.2) is 0 Å². The Kier molecular flexibility index (Phi) is 3.22. The summed E-state index contributed by atoms with van der Waals surface area (Å²) in [7, 11) is 0. The largest absolute Gasteiger partial charge is 0.465 e. The van der Waals surface area contributed by atoms with Crippen molar-refractivity contribution in [1.29, 1.82) is 0 Å². The Bertz CT molecular complexity index is 654. The molecule has 1 aliphatic rings. The molecule has 6 heteroatoms. The molecule has 0 bridgehead atoms. The van der Waals surface area contributed by atoms with E-state index in [1.54, 1.807) is 6.07 Å². The third kappa shape index (κ3) is 2.29. The minimum atomic E-state index is -0.877. The fraction of sp³-hybridized carbons (Fsp3) is 0.357. The van der Waals surface area contributed by atoms with Gasteiger partial charge in [-0.15, -0.1) is 0 Å². The molecule has 1 amide bonds. The summed E-state index contributed by atoms with van der Waals surface area (Å²) in [6.45, 7) is 1.01. The van der Waals surface area contributed by atoms with Crippen LogP contribution in [0.5, 0.6) is 0 Å². The van der Waals surface area contributed by atoms with Crippen LogP contribution in [-0.2, 0) is 0 Å². The Labute approximate surface area is 115 Å². The maximum atomic E-state index is 13.2. The van der Waals surface area contributed by atoms with Crippen molar-refractivity contribution >= 4 is 17.0 Å². The van der Waals surface area contributed by atoms with Gasteiger partial charge in [-0.25, -0.2) is 19.2 Å². The van der Waals surface area contributed by atoms with Gasteiger partial charge in [-0.1, -0.05) is 0 Å². The molecule has 2 heterocycles. The standard InChI is InChI=1S/C14H14FN3O2/c15-10-1-2-11-12(7-10)16-8-17-13(11)9-3-5-18(6-4-9)14(19)20/h1-2,7-9H,3-6H2,(H,19,20). The van der Waals surface area contributed by atoms with E-state index in [-0.39, 0.29) is 11.7 Å². The summed E-state index contributed by atoms with van der Waals surface area (Å²) in [5.41, 5.74) is 1.48. The fourth-order valence-electron chi connectivity index (χ4n) is 2.72. The first kappa shape index (κ1) is 12.8. The number of hydrogen-bond donors (Lipinski definition) is 1. The van der Waals surface area contributed by atoms with Crippen molar-refractivity contribution in [1.82, 2.24) is 14.9 Å². The molecule has 1 aromatic heterocycles. The lowest BCUT2D eigenvalue weighted by molar-refractivity contribution is 0.132. The van der Waals surface area contributed by atoms with Gasteiger partial charge in [0.25, 0.3) is 0 Å². The zero-order chi connectivity index (χ0) is 14.1. The molecule has 1 N–H and O–H groups in total. The lowest BCUT2D eigenvalue weighted by atomic mass is 9.91. The van der Waals surface area contributed by atoms with E-state index in [0.717, 1.165) is 23.9 Å². The highest BCUT2D eigenvalue weighted by Gasteiger charge is 2.25. The maximum absolute atomic E-state index is 13.2. The van der Waals surface area contributed by atoms with Crippen molar-refractivity contribution in [3.63, 3.8) is 0 Å². The smallest absolute Gasteiger partial charge is 0.407 e. The highest BCUT2D eigenvalue weighted by atomic mass is 19.1. The van der Waals surface area contributed by atoms with E-state index in [4.69, 9.17) is 5.11 Å². The topological polar surface area (TPSA) is 66.3 Å². The molecule has 0 unspecified atom stereocenters. The zero-order valence-electron chi connectivity index (χ0n) is 10.8. The summed E-state index contributed by atoms with van der Waals surface area (Å²) in [4.78, 5) is 20.7. The van der Waals surface area contributed by atoms with E-state index in [9.17, 15) is 9.18 Å². The average molecular weight is 275 g/mol. The number of halogens is 1. The minimum Gasteiger partial charge on any atom is -0.465 e. The number of fused-ring (bicyclic) bond motifs is 1. The number of carboxylic acid groups (broad SMARTS) is 1. The summed E-state index contributed by atoms with van der Waals surface area (Å²) in [5.74, 6) is -0.121. The van der Waals surface area contributed by atoms with Crippen LogP contribution in [0.1, 0.15) is 24.5 Å². The van der Waals surface area contributed by atoms with Crippen LogP contribution in [0.3, 0.4) is 0 Å². The lowest BCUT2D eigenvalue weighted by Crippen LogP contribution is -2.37. The maximum Gasteiger partial charge on any atom is 0.407 e. The molecule has 0 atom stereocenters. The number of nitrogens with zero attached hydrogens (tertiary/aromatic N) is 3. The number of carbonyl (C=O) groups is 1. The van der Waals surface area contributed by atoms with Crippen LogP contribution in [0.2, 0.25) is 0 Å². The highest BCUT2D eigenvalue weighted by Crippen LogP contribution is 2.31. The first-order valence-electron chi connectivity index (χ1n) is 6.53. The molecule has 20 heavy (non-hydrogen) atoms. The predicted octanol–water partition coefficient (Wildman–Crippen LogP) is 2.63. The van der Waals surface area contributed by atoms with Crippen molar-refractivity contribution in [2.75, 3.05) is 13.1 Å². The molecule has 104 valence electrons. The number of piperidine rings is 1. The predicted molar refractivity (Wildman–Crippen MR) is 71.1 cm³/mol. The molecular weight excluding hydrogens is 261 g/mol. The van der Waals surface area contributed by atoms with Gasteiger partial charge in [0, 0.05) is 30.5 Å². The Hall–Kier alpha value is -2.24. The number of aromatic nitrogens is 2. The van der Waals surface area contributed by atoms with Crippen LogP contribution in [-0.4, -0.2) is 39.2 Å². The molecule has 1 aliphatic heterocycles. The van der Waals surface area contributed by atoms with Gasteiger partial charge in [0.05, 0.1) is 11.2 Å². The summed E-state index contributed by atoms with van der Waals surface area (Å²) in [6, 6.07) is 4.50. The summed E-state index contributed by atoms with van der Waals surface area (Å²) in [6.07, 6.45) is 2.03. The summed E-state index contributed by atoms with van der Waals surface area (Å²) in [5, 5.41) is 9.81. The molecule has 0 spiro atoms. The summed E-state index contributed by atoms with van der Waals surface area (Å²) < 4.78 is 13.2. The van der Waals surface area contributed by atoms with Crippen LogP contribution in [0.4, 0.5) is 9.18 Å². The SMILES string of the molecule is O=C(O)N1CCC(c2ncnc3cc(F)ccc23)CC1. The summed E-state index contributed by atoms with van der Waals surface area (Å²) >= 11 is 0. The van der Waals surface area contributed by atoms with Gasteiger partial charge in [-0.05, 0) is 25.0 Å².